The zero-order valence-electron chi connectivity index (χ0n) is 20.9. The van der Waals surface area contributed by atoms with Gasteiger partial charge < -0.3 is 10.2 Å². The second-order valence-electron chi connectivity index (χ2n) is 9.71. The van der Waals surface area contributed by atoms with Crippen molar-refractivity contribution in [3.05, 3.63) is 107 Å². The van der Waals surface area contributed by atoms with E-state index in [0.29, 0.717) is 5.56 Å². The molecule has 2 amide bonds. The number of rotatable bonds is 9. The van der Waals surface area contributed by atoms with Gasteiger partial charge in [0.05, 0.1) is 0 Å². The van der Waals surface area contributed by atoms with E-state index >= 15 is 0 Å². The van der Waals surface area contributed by atoms with Gasteiger partial charge in [0.15, 0.2) is 0 Å². The predicted octanol–water partition coefficient (Wildman–Crippen LogP) is 6.21. The maximum atomic E-state index is 14.6. The van der Waals surface area contributed by atoms with E-state index in [1.165, 1.54) is 17.4 Å². The van der Waals surface area contributed by atoms with Gasteiger partial charge in [-0.2, -0.15) is 0 Å². The third-order valence-corrected chi connectivity index (χ3v) is 7.20. The molecule has 3 aromatic rings. The minimum absolute atomic E-state index is 0.0427. The number of halogens is 1. The summed E-state index contributed by atoms with van der Waals surface area (Å²) in [6.07, 6.45) is 5.51. The number of amides is 2. The minimum atomic E-state index is -0.716. The molecule has 0 radical (unpaired) electrons. The lowest BCUT2D eigenvalue weighted by atomic mass is 9.88. The largest absolute Gasteiger partial charge is 0.352 e. The van der Waals surface area contributed by atoms with Crippen LogP contribution in [0.2, 0.25) is 0 Å². The van der Waals surface area contributed by atoms with Crippen LogP contribution in [0.25, 0.3) is 0 Å². The summed E-state index contributed by atoms with van der Waals surface area (Å²) in [5.74, 6) is -0.903. The van der Waals surface area contributed by atoms with Crippen molar-refractivity contribution in [1.82, 2.24) is 10.2 Å². The van der Waals surface area contributed by atoms with Gasteiger partial charge in [0.25, 0.3) is 0 Å². The van der Waals surface area contributed by atoms with Crippen molar-refractivity contribution in [2.24, 2.45) is 0 Å². The molecule has 4 nitrogen and oxygen atoms in total. The molecule has 0 spiro atoms. The van der Waals surface area contributed by atoms with Gasteiger partial charge in [-0.25, -0.2) is 4.39 Å². The Kier molecular flexibility index (Phi) is 8.88. The van der Waals surface area contributed by atoms with E-state index < -0.39 is 6.04 Å². The van der Waals surface area contributed by atoms with E-state index in [2.05, 4.69) is 5.32 Å². The maximum Gasteiger partial charge on any atom is 0.242 e. The first-order chi connectivity index (χ1) is 17.5. The first-order valence-electron chi connectivity index (χ1n) is 13.0. The second-order valence-corrected chi connectivity index (χ2v) is 9.71. The van der Waals surface area contributed by atoms with Gasteiger partial charge in [0, 0.05) is 30.5 Å². The third-order valence-electron chi connectivity index (χ3n) is 7.20. The van der Waals surface area contributed by atoms with Crippen LogP contribution in [-0.4, -0.2) is 28.8 Å². The lowest BCUT2D eigenvalue weighted by molar-refractivity contribution is -0.141. The van der Waals surface area contributed by atoms with E-state index in [0.717, 1.165) is 36.8 Å². The fourth-order valence-corrected chi connectivity index (χ4v) is 5.05. The summed E-state index contributed by atoms with van der Waals surface area (Å²) < 4.78 is 14.6. The molecule has 1 saturated carbocycles. The lowest BCUT2D eigenvalue weighted by Crippen LogP contribution is -2.50. The highest BCUT2D eigenvalue weighted by molar-refractivity contribution is 5.88. The zero-order chi connectivity index (χ0) is 25.3. The molecule has 1 atom stereocenters. The molecule has 0 heterocycles. The van der Waals surface area contributed by atoms with E-state index in [-0.39, 0.29) is 42.6 Å². The van der Waals surface area contributed by atoms with E-state index in [9.17, 15) is 14.0 Å². The highest BCUT2D eigenvalue weighted by Crippen LogP contribution is 2.29. The molecule has 188 valence electrons. The summed E-state index contributed by atoms with van der Waals surface area (Å²) in [6.45, 7) is 1.79. The number of carbonyl (C=O) groups is 2. The molecule has 1 N–H and O–H groups in total. The molecule has 5 heteroatoms. The molecule has 1 aliphatic carbocycles. The Morgan fingerprint density at radius 2 is 1.42 bits per heavy atom. The standard InChI is InChI=1S/C31H35FN2O2/c1-23(31(36)33-27-18-9-4-10-19-27)34(22-26-17-11-12-20-29(26)32)30(35)21-28(24-13-5-2-6-14-24)25-15-7-3-8-16-25/h2-3,5-8,11-17,20,23,27-28H,4,9-10,18-19,21-22H2,1H3,(H,33,36)/t23-/m0/s1. The first-order valence-corrected chi connectivity index (χ1v) is 13.0. The molecule has 0 saturated heterocycles. The second kappa shape index (κ2) is 12.5. The average molecular weight is 487 g/mol. The van der Waals surface area contributed by atoms with Crippen molar-refractivity contribution in [3.8, 4) is 0 Å². The molecule has 3 aromatic carbocycles. The molecule has 0 unspecified atom stereocenters. The summed E-state index contributed by atoms with van der Waals surface area (Å²) in [5, 5.41) is 3.14. The van der Waals surface area contributed by atoms with Crippen LogP contribution in [0.4, 0.5) is 4.39 Å². The van der Waals surface area contributed by atoms with E-state index in [1.807, 2.05) is 60.7 Å². The highest BCUT2D eigenvalue weighted by Gasteiger charge is 2.30. The summed E-state index contributed by atoms with van der Waals surface area (Å²) in [4.78, 5) is 28.7. The van der Waals surface area contributed by atoms with Crippen molar-refractivity contribution in [2.45, 2.75) is 70.0 Å². The number of benzene rings is 3. The SMILES string of the molecule is C[C@@H](C(=O)NC1CCCCC1)N(Cc1ccccc1F)C(=O)CC(c1ccccc1)c1ccccc1. The molecule has 1 aliphatic rings. The number of hydrogen-bond acceptors (Lipinski definition) is 2. The molecule has 0 aromatic heterocycles. The fourth-order valence-electron chi connectivity index (χ4n) is 5.05. The Morgan fingerprint density at radius 3 is 2.00 bits per heavy atom. The molecule has 36 heavy (non-hydrogen) atoms. The Balaban J connectivity index is 1.60. The molecule has 0 aliphatic heterocycles. The monoisotopic (exact) mass is 486 g/mol. The van der Waals surface area contributed by atoms with E-state index in [1.54, 1.807) is 25.1 Å². The van der Waals surface area contributed by atoms with Gasteiger partial charge in [-0.3, -0.25) is 9.59 Å². The normalized spacial score (nSPS) is 14.9. The molecule has 0 bridgehead atoms. The van der Waals surface area contributed by atoms with Crippen molar-refractivity contribution in [3.63, 3.8) is 0 Å². The summed E-state index contributed by atoms with van der Waals surface area (Å²) in [7, 11) is 0. The highest BCUT2D eigenvalue weighted by atomic mass is 19.1. The summed E-state index contributed by atoms with van der Waals surface area (Å²) >= 11 is 0. The van der Waals surface area contributed by atoms with Crippen LogP contribution in [0, 0.1) is 5.82 Å². The van der Waals surface area contributed by atoms with Gasteiger partial charge in [0.1, 0.15) is 11.9 Å². The van der Waals surface area contributed by atoms with Crippen LogP contribution in [0.3, 0.4) is 0 Å². The van der Waals surface area contributed by atoms with Crippen LogP contribution in [0.15, 0.2) is 84.9 Å². The predicted molar refractivity (Wildman–Crippen MR) is 141 cm³/mol. The Bertz CT molecular complexity index is 1090. The fraction of sp³-hybridized carbons (Fsp3) is 0.355. The van der Waals surface area contributed by atoms with Crippen LogP contribution >= 0.6 is 0 Å². The molecular weight excluding hydrogens is 451 g/mol. The van der Waals surface area contributed by atoms with Crippen molar-refractivity contribution < 1.29 is 14.0 Å². The Hall–Kier alpha value is -3.47. The van der Waals surface area contributed by atoms with Crippen molar-refractivity contribution in [2.75, 3.05) is 0 Å². The van der Waals surface area contributed by atoms with Gasteiger partial charge >= 0.3 is 0 Å². The van der Waals surface area contributed by atoms with Crippen molar-refractivity contribution in [1.29, 1.82) is 0 Å². The number of carbonyl (C=O) groups excluding carboxylic acids is 2. The van der Waals surface area contributed by atoms with Gasteiger partial charge in [-0.1, -0.05) is 98.1 Å². The number of nitrogens with one attached hydrogen (secondary N) is 1. The molecular formula is C31H35FN2O2. The Morgan fingerprint density at radius 1 is 0.861 bits per heavy atom. The van der Waals surface area contributed by atoms with Gasteiger partial charge in [0.2, 0.25) is 11.8 Å². The van der Waals surface area contributed by atoms with Crippen LogP contribution in [-0.2, 0) is 16.1 Å². The molecule has 4 rings (SSSR count). The topological polar surface area (TPSA) is 49.4 Å². The minimum Gasteiger partial charge on any atom is -0.352 e. The van der Waals surface area contributed by atoms with Crippen LogP contribution in [0.1, 0.15) is 68.1 Å². The van der Waals surface area contributed by atoms with Gasteiger partial charge in [-0.05, 0) is 37.0 Å². The number of nitrogens with zero attached hydrogens (tertiary/aromatic N) is 1. The lowest BCUT2D eigenvalue weighted by Gasteiger charge is -2.32. The summed E-state index contributed by atoms with van der Waals surface area (Å²) in [6, 6.07) is 25.7. The van der Waals surface area contributed by atoms with Crippen molar-refractivity contribution >= 4 is 11.8 Å². The Labute approximate surface area is 213 Å². The maximum absolute atomic E-state index is 14.6. The third kappa shape index (κ3) is 6.60. The van der Waals surface area contributed by atoms with Crippen LogP contribution < -0.4 is 5.32 Å². The summed E-state index contributed by atoms with van der Waals surface area (Å²) in [5.41, 5.74) is 2.46. The number of hydrogen-bond donors (Lipinski definition) is 1. The average Bonchev–Trinajstić information content (AvgIpc) is 2.92. The van der Waals surface area contributed by atoms with Gasteiger partial charge in [-0.15, -0.1) is 0 Å². The first kappa shape index (κ1) is 25.6. The molecule has 1 fully saturated rings. The smallest absolute Gasteiger partial charge is 0.242 e. The van der Waals surface area contributed by atoms with Crippen LogP contribution in [0.5, 0.6) is 0 Å². The van der Waals surface area contributed by atoms with E-state index in [4.69, 9.17) is 0 Å². The zero-order valence-corrected chi connectivity index (χ0v) is 20.9. The quantitative estimate of drug-likeness (QED) is 0.391.